The average molecular weight is 229 g/mol. The maximum Gasteiger partial charge on any atom is 0.332 e. The largest absolute Gasteiger partial charge is 0.350 e. The maximum atomic E-state index is 10.6. The fourth-order valence-corrected chi connectivity index (χ4v) is 3.33. The van der Waals surface area contributed by atoms with Crippen molar-refractivity contribution >= 4 is 23.5 Å². The Balaban J connectivity index is 2.69. The Morgan fingerprint density at radius 3 is 2.87 bits per heavy atom. The Hall–Kier alpha value is -0.710. The molecule has 1 aliphatic heterocycles. The van der Waals surface area contributed by atoms with Gasteiger partial charge in [-0.3, -0.25) is 0 Å². The SMILES string of the molecule is CC[C@@H]1S[C@@H](C)C/C(=N\NC(N)=O)[C@@H]1C. The normalized spacial score (nSPS) is 34.1. The Morgan fingerprint density at radius 1 is 1.67 bits per heavy atom. The molecule has 4 nitrogen and oxygen atoms in total. The molecular formula is C10H19N3OS. The molecule has 0 radical (unpaired) electrons. The lowest BCUT2D eigenvalue weighted by molar-refractivity contribution is 0.249. The summed E-state index contributed by atoms with van der Waals surface area (Å²) in [5.74, 6) is 0.419. The Morgan fingerprint density at radius 2 is 2.33 bits per heavy atom. The summed E-state index contributed by atoms with van der Waals surface area (Å²) in [4.78, 5) is 10.6. The molecule has 0 aromatic rings. The number of thioether (sulfide) groups is 1. The van der Waals surface area contributed by atoms with Gasteiger partial charge in [0, 0.05) is 22.1 Å². The summed E-state index contributed by atoms with van der Waals surface area (Å²) in [5.41, 5.74) is 8.38. The van der Waals surface area contributed by atoms with Crippen LogP contribution in [0.1, 0.15) is 33.6 Å². The fourth-order valence-electron chi connectivity index (χ4n) is 1.88. The molecule has 0 aliphatic carbocycles. The Kier molecular flexibility index (Phi) is 4.45. The zero-order chi connectivity index (χ0) is 11.4. The van der Waals surface area contributed by atoms with E-state index in [1.807, 2.05) is 11.8 Å². The lowest BCUT2D eigenvalue weighted by atomic mass is 9.95. The van der Waals surface area contributed by atoms with Crippen LogP contribution in [-0.2, 0) is 0 Å². The van der Waals surface area contributed by atoms with Crippen molar-refractivity contribution < 1.29 is 4.79 Å². The zero-order valence-corrected chi connectivity index (χ0v) is 10.3. The number of primary amides is 1. The lowest BCUT2D eigenvalue weighted by Crippen LogP contribution is -2.35. The number of hydrogen-bond acceptors (Lipinski definition) is 3. The first-order chi connectivity index (χ1) is 7.04. The Bertz CT molecular complexity index is 267. The highest BCUT2D eigenvalue weighted by Gasteiger charge is 2.29. The van der Waals surface area contributed by atoms with Crippen molar-refractivity contribution in [2.75, 3.05) is 0 Å². The van der Waals surface area contributed by atoms with E-state index in [0.717, 1.165) is 18.6 Å². The lowest BCUT2D eigenvalue weighted by Gasteiger charge is -2.32. The predicted octanol–water partition coefficient (Wildman–Crippen LogP) is 1.95. The van der Waals surface area contributed by atoms with Crippen LogP contribution in [0, 0.1) is 5.92 Å². The number of hydrazone groups is 1. The van der Waals surface area contributed by atoms with Crippen molar-refractivity contribution in [2.45, 2.75) is 44.1 Å². The third-order valence-electron chi connectivity index (χ3n) is 2.70. The topological polar surface area (TPSA) is 67.5 Å². The van der Waals surface area contributed by atoms with Crippen molar-refractivity contribution in [2.24, 2.45) is 16.8 Å². The van der Waals surface area contributed by atoms with Crippen LogP contribution in [0.5, 0.6) is 0 Å². The summed E-state index contributed by atoms with van der Waals surface area (Å²) in [6.45, 7) is 6.54. The molecule has 0 aromatic carbocycles. The molecule has 1 fully saturated rings. The third kappa shape index (κ3) is 3.41. The van der Waals surface area contributed by atoms with Crippen molar-refractivity contribution in [1.29, 1.82) is 0 Å². The molecule has 1 heterocycles. The molecule has 0 bridgehead atoms. The minimum atomic E-state index is -0.589. The summed E-state index contributed by atoms with van der Waals surface area (Å²) in [6, 6.07) is -0.589. The fraction of sp³-hybridized carbons (Fsp3) is 0.800. The van der Waals surface area contributed by atoms with Gasteiger partial charge in [-0.2, -0.15) is 16.9 Å². The van der Waals surface area contributed by atoms with Crippen LogP contribution in [0.4, 0.5) is 4.79 Å². The number of urea groups is 1. The molecule has 3 atom stereocenters. The molecule has 5 heteroatoms. The zero-order valence-electron chi connectivity index (χ0n) is 9.49. The van der Waals surface area contributed by atoms with E-state index in [0.29, 0.717) is 16.4 Å². The number of amides is 2. The van der Waals surface area contributed by atoms with E-state index < -0.39 is 6.03 Å². The molecule has 1 aliphatic rings. The maximum absolute atomic E-state index is 10.6. The van der Waals surface area contributed by atoms with Gasteiger partial charge >= 0.3 is 6.03 Å². The molecule has 1 saturated heterocycles. The summed E-state index contributed by atoms with van der Waals surface area (Å²) in [6.07, 6.45) is 2.06. The number of nitrogens with two attached hydrogens (primary N) is 1. The highest BCUT2D eigenvalue weighted by atomic mass is 32.2. The van der Waals surface area contributed by atoms with E-state index in [9.17, 15) is 4.79 Å². The van der Waals surface area contributed by atoms with Crippen LogP contribution < -0.4 is 11.2 Å². The second kappa shape index (κ2) is 5.39. The summed E-state index contributed by atoms with van der Waals surface area (Å²) in [7, 11) is 0. The molecule has 2 amide bonds. The molecular weight excluding hydrogens is 210 g/mol. The van der Waals surface area contributed by atoms with Crippen LogP contribution >= 0.6 is 11.8 Å². The molecule has 0 saturated carbocycles. The molecule has 15 heavy (non-hydrogen) atoms. The van der Waals surface area contributed by atoms with E-state index in [-0.39, 0.29) is 0 Å². The first kappa shape index (κ1) is 12.4. The quantitative estimate of drug-likeness (QED) is 0.711. The van der Waals surface area contributed by atoms with Gasteiger partial charge in [-0.25, -0.2) is 10.2 Å². The molecule has 0 spiro atoms. The average Bonchev–Trinajstić information content (AvgIpc) is 2.18. The van der Waals surface area contributed by atoms with Crippen LogP contribution in [0.25, 0.3) is 0 Å². The highest BCUT2D eigenvalue weighted by Crippen LogP contribution is 2.35. The van der Waals surface area contributed by atoms with Gasteiger partial charge in [-0.05, 0) is 12.8 Å². The van der Waals surface area contributed by atoms with Crippen LogP contribution in [-0.4, -0.2) is 22.2 Å². The van der Waals surface area contributed by atoms with E-state index >= 15 is 0 Å². The molecule has 3 N–H and O–H groups in total. The van der Waals surface area contributed by atoms with Gasteiger partial charge < -0.3 is 5.73 Å². The third-order valence-corrected chi connectivity index (χ3v) is 4.42. The van der Waals surface area contributed by atoms with Gasteiger partial charge in [0.1, 0.15) is 0 Å². The monoisotopic (exact) mass is 229 g/mol. The van der Waals surface area contributed by atoms with Crippen molar-refractivity contribution in [3.8, 4) is 0 Å². The van der Waals surface area contributed by atoms with Gasteiger partial charge in [0.25, 0.3) is 0 Å². The molecule has 1 rings (SSSR count). The van der Waals surface area contributed by atoms with E-state index in [4.69, 9.17) is 5.73 Å². The predicted molar refractivity (Wildman–Crippen MR) is 65.1 cm³/mol. The van der Waals surface area contributed by atoms with Gasteiger partial charge in [-0.1, -0.05) is 20.8 Å². The minimum absolute atomic E-state index is 0.419. The van der Waals surface area contributed by atoms with Crippen LogP contribution in [0.3, 0.4) is 0 Å². The van der Waals surface area contributed by atoms with E-state index in [1.165, 1.54) is 0 Å². The van der Waals surface area contributed by atoms with Crippen molar-refractivity contribution in [3.63, 3.8) is 0 Å². The van der Waals surface area contributed by atoms with Gasteiger partial charge in [0.15, 0.2) is 0 Å². The summed E-state index contributed by atoms with van der Waals surface area (Å²) >= 11 is 2.01. The summed E-state index contributed by atoms with van der Waals surface area (Å²) < 4.78 is 0. The second-order valence-electron chi connectivity index (χ2n) is 3.97. The van der Waals surface area contributed by atoms with Gasteiger partial charge in [0.05, 0.1) is 0 Å². The Labute approximate surface area is 95.1 Å². The smallest absolute Gasteiger partial charge is 0.332 e. The minimum Gasteiger partial charge on any atom is -0.350 e. The molecule has 86 valence electrons. The molecule has 0 unspecified atom stereocenters. The van der Waals surface area contributed by atoms with Gasteiger partial charge in [-0.15, -0.1) is 0 Å². The number of nitrogens with zero attached hydrogens (tertiary/aromatic N) is 1. The number of carbonyl (C=O) groups is 1. The number of rotatable bonds is 2. The highest BCUT2D eigenvalue weighted by molar-refractivity contribution is 8.00. The van der Waals surface area contributed by atoms with E-state index in [1.54, 1.807) is 0 Å². The number of hydrogen-bond donors (Lipinski definition) is 2. The first-order valence-corrected chi connectivity index (χ1v) is 6.26. The second-order valence-corrected chi connectivity index (χ2v) is 5.65. The number of nitrogens with one attached hydrogen (secondary N) is 1. The standard InChI is InChI=1S/C10H19N3OS/c1-4-9-7(3)8(5-6(2)15-9)12-13-10(11)14/h6-7,9H,4-5H2,1-3H3,(H3,11,13,14)/b12-8+/t6-,7-,9-/m0/s1. The van der Waals surface area contributed by atoms with Crippen molar-refractivity contribution in [1.82, 2.24) is 5.43 Å². The van der Waals surface area contributed by atoms with Crippen LogP contribution in [0.2, 0.25) is 0 Å². The summed E-state index contributed by atoms with van der Waals surface area (Å²) in [5, 5.41) is 5.26. The van der Waals surface area contributed by atoms with Crippen LogP contribution in [0.15, 0.2) is 5.10 Å². The van der Waals surface area contributed by atoms with E-state index in [2.05, 4.69) is 31.3 Å². The molecule has 0 aromatic heterocycles. The number of carbonyl (C=O) groups excluding carboxylic acids is 1. The first-order valence-electron chi connectivity index (χ1n) is 5.32. The van der Waals surface area contributed by atoms with Gasteiger partial charge in [0.2, 0.25) is 0 Å². The van der Waals surface area contributed by atoms with Crippen molar-refractivity contribution in [3.05, 3.63) is 0 Å².